The monoisotopic (exact) mass is 494 g/mol. The Labute approximate surface area is 187 Å². The third-order valence-corrected chi connectivity index (χ3v) is 7.05. The lowest BCUT2D eigenvalue weighted by Gasteiger charge is -2.29. The van der Waals surface area contributed by atoms with Crippen molar-refractivity contribution in [2.75, 3.05) is 35.9 Å². The van der Waals surface area contributed by atoms with Gasteiger partial charge in [-0.25, -0.2) is 8.42 Å². The van der Waals surface area contributed by atoms with E-state index in [2.05, 4.69) is 20.3 Å². The minimum absolute atomic E-state index is 0.0475. The summed E-state index contributed by atoms with van der Waals surface area (Å²) in [6, 6.07) is 3.31. The Morgan fingerprint density at radius 2 is 2.03 bits per heavy atom. The molecule has 10 nitrogen and oxygen atoms in total. The second kappa shape index (κ2) is 10.3. The van der Waals surface area contributed by atoms with Crippen LogP contribution in [-0.4, -0.2) is 62.8 Å². The number of amides is 1. The molecule has 164 valence electrons. The van der Waals surface area contributed by atoms with Gasteiger partial charge in [0, 0.05) is 5.02 Å². The second-order valence-electron chi connectivity index (χ2n) is 5.78. The van der Waals surface area contributed by atoms with Crippen LogP contribution in [0.3, 0.4) is 0 Å². The van der Waals surface area contributed by atoms with E-state index in [9.17, 15) is 18.0 Å². The van der Waals surface area contributed by atoms with Crippen LogP contribution in [0.1, 0.15) is 6.92 Å². The molecule has 0 aliphatic carbocycles. The first kappa shape index (κ1) is 24.2. The predicted molar refractivity (Wildman–Crippen MR) is 116 cm³/mol. The van der Waals surface area contributed by atoms with Gasteiger partial charge in [-0.05, 0) is 25.1 Å². The van der Waals surface area contributed by atoms with Gasteiger partial charge in [0.25, 0.3) is 0 Å². The number of carbonyl (C=O) groups is 2. The molecule has 0 saturated carbocycles. The van der Waals surface area contributed by atoms with Crippen molar-refractivity contribution in [1.29, 1.82) is 0 Å². The summed E-state index contributed by atoms with van der Waals surface area (Å²) in [6.07, 6.45) is 0.976. The fourth-order valence-electron chi connectivity index (χ4n) is 2.32. The van der Waals surface area contributed by atoms with Crippen LogP contribution in [-0.2, 0) is 24.3 Å². The first-order chi connectivity index (χ1) is 14.1. The highest BCUT2D eigenvalue weighted by Gasteiger charge is 2.32. The number of sulfonamides is 1. The molecule has 0 aliphatic heterocycles. The number of carbonyl (C=O) groups excluding carboxylic acids is 2. The van der Waals surface area contributed by atoms with Crippen molar-refractivity contribution >= 4 is 67.4 Å². The number of nitrogens with zero attached hydrogens (tertiary/aromatic N) is 3. The second-order valence-corrected chi connectivity index (χ2v) is 10.3. The average molecular weight is 495 g/mol. The molecule has 1 aromatic carbocycles. The third kappa shape index (κ3) is 6.20. The van der Waals surface area contributed by atoms with Crippen LogP contribution in [0.15, 0.2) is 22.5 Å². The SMILES string of the molecule is COC(=O)CSc1nnc(NC(=O)C(C)N(c2cc(Cl)ccc2OC)S(C)(=O)=O)s1. The van der Waals surface area contributed by atoms with Gasteiger partial charge in [0.05, 0.1) is 31.9 Å². The summed E-state index contributed by atoms with van der Waals surface area (Å²) in [5.74, 6) is -0.773. The van der Waals surface area contributed by atoms with Gasteiger partial charge < -0.3 is 9.47 Å². The molecule has 0 fully saturated rings. The van der Waals surface area contributed by atoms with E-state index in [4.69, 9.17) is 16.3 Å². The number of halogens is 1. The van der Waals surface area contributed by atoms with Crippen LogP contribution in [0.5, 0.6) is 5.75 Å². The molecule has 1 unspecified atom stereocenters. The summed E-state index contributed by atoms with van der Waals surface area (Å²) >= 11 is 8.17. The molecule has 0 bridgehead atoms. The zero-order valence-electron chi connectivity index (χ0n) is 16.4. The fourth-order valence-corrected chi connectivity index (χ4v) is 5.25. The molecule has 0 aliphatic rings. The highest BCUT2D eigenvalue weighted by molar-refractivity contribution is 8.01. The van der Waals surface area contributed by atoms with E-state index in [0.717, 1.165) is 33.7 Å². The predicted octanol–water partition coefficient (Wildman–Crippen LogP) is 2.26. The van der Waals surface area contributed by atoms with Gasteiger partial charge in [0.15, 0.2) is 4.34 Å². The maximum Gasteiger partial charge on any atom is 0.316 e. The molecule has 0 radical (unpaired) electrons. The Bertz CT molecular complexity index is 1030. The minimum atomic E-state index is -3.87. The number of benzene rings is 1. The lowest BCUT2D eigenvalue weighted by Crippen LogP contribution is -2.45. The normalized spacial score (nSPS) is 12.2. The lowest BCUT2D eigenvalue weighted by atomic mass is 10.2. The standard InChI is InChI=1S/C16H19ClN4O6S3/c1-9(14(23)18-15-19-20-16(29-15)28-8-13(22)27-3)21(30(4,24)25)11-7-10(17)5-6-12(11)26-2/h5-7,9H,8H2,1-4H3,(H,18,19,23). The van der Waals surface area contributed by atoms with E-state index >= 15 is 0 Å². The number of methoxy groups -OCH3 is 2. The van der Waals surface area contributed by atoms with Crippen molar-refractivity contribution < 1.29 is 27.5 Å². The Balaban J connectivity index is 2.23. The third-order valence-electron chi connectivity index (χ3n) is 3.64. The molecule has 0 spiro atoms. The van der Waals surface area contributed by atoms with E-state index < -0.39 is 27.9 Å². The van der Waals surface area contributed by atoms with Gasteiger partial charge in [-0.3, -0.25) is 19.2 Å². The summed E-state index contributed by atoms with van der Waals surface area (Å²) in [7, 11) is -1.22. The number of aromatic nitrogens is 2. The Kier molecular flexibility index (Phi) is 8.29. The molecule has 1 heterocycles. The average Bonchev–Trinajstić information content (AvgIpc) is 3.12. The van der Waals surface area contributed by atoms with E-state index in [-0.39, 0.29) is 27.3 Å². The Morgan fingerprint density at radius 1 is 1.33 bits per heavy atom. The Morgan fingerprint density at radius 3 is 2.63 bits per heavy atom. The molecule has 30 heavy (non-hydrogen) atoms. The van der Waals surface area contributed by atoms with Crippen molar-refractivity contribution in [3.8, 4) is 5.75 Å². The van der Waals surface area contributed by atoms with E-state index in [0.29, 0.717) is 4.34 Å². The number of ether oxygens (including phenoxy) is 2. The molecule has 2 rings (SSSR count). The van der Waals surface area contributed by atoms with Crippen molar-refractivity contribution in [1.82, 2.24) is 10.2 Å². The van der Waals surface area contributed by atoms with Gasteiger partial charge in [0.2, 0.25) is 21.1 Å². The van der Waals surface area contributed by atoms with Gasteiger partial charge in [-0.15, -0.1) is 10.2 Å². The highest BCUT2D eigenvalue weighted by Crippen LogP contribution is 2.34. The summed E-state index contributed by atoms with van der Waals surface area (Å²) < 4.78 is 36.1. The topological polar surface area (TPSA) is 128 Å². The molecule has 0 saturated heterocycles. The van der Waals surface area contributed by atoms with Crippen LogP contribution in [0, 0.1) is 0 Å². The Hall–Kier alpha value is -2.09. The molecule has 1 aromatic heterocycles. The van der Waals surface area contributed by atoms with Crippen LogP contribution in [0.2, 0.25) is 5.02 Å². The lowest BCUT2D eigenvalue weighted by molar-refractivity contribution is -0.137. The number of hydrogen-bond donors (Lipinski definition) is 1. The molecular formula is C16H19ClN4O6S3. The number of nitrogens with one attached hydrogen (secondary N) is 1. The molecule has 1 atom stereocenters. The quantitative estimate of drug-likeness (QED) is 0.317. The molecule has 2 aromatic rings. The van der Waals surface area contributed by atoms with Gasteiger partial charge in [0.1, 0.15) is 11.8 Å². The zero-order chi connectivity index (χ0) is 22.5. The molecule has 14 heteroatoms. The van der Waals surface area contributed by atoms with Crippen molar-refractivity contribution in [3.63, 3.8) is 0 Å². The zero-order valence-corrected chi connectivity index (χ0v) is 19.6. The summed E-state index contributed by atoms with van der Waals surface area (Å²) in [5, 5.41) is 10.7. The van der Waals surface area contributed by atoms with E-state index in [1.54, 1.807) is 6.07 Å². The summed E-state index contributed by atoms with van der Waals surface area (Å²) in [5.41, 5.74) is 0.127. The maximum atomic E-state index is 12.7. The van der Waals surface area contributed by atoms with Gasteiger partial charge in [-0.2, -0.15) is 0 Å². The van der Waals surface area contributed by atoms with E-state index in [1.165, 1.54) is 33.3 Å². The first-order valence-corrected chi connectivity index (χ1v) is 12.3. The van der Waals surface area contributed by atoms with Crippen LogP contribution in [0.4, 0.5) is 10.8 Å². The van der Waals surface area contributed by atoms with Crippen LogP contribution < -0.4 is 14.4 Å². The fraction of sp³-hybridized carbons (Fsp3) is 0.375. The van der Waals surface area contributed by atoms with Crippen molar-refractivity contribution in [2.45, 2.75) is 17.3 Å². The van der Waals surface area contributed by atoms with Gasteiger partial charge >= 0.3 is 5.97 Å². The van der Waals surface area contributed by atoms with Crippen molar-refractivity contribution in [3.05, 3.63) is 23.2 Å². The van der Waals surface area contributed by atoms with Crippen LogP contribution >= 0.6 is 34.7 Å². The molecular weight excluding hydrogens is 476 g/mol. The van der Waals surface area contributed by atoms with E-state index in [1.807, 2.05) is 0 Å². The van der Waals surface area contributed by atoms with Crippen LogP contribution in [0.25, 0.3) is 0 Å². The number of rotatable bonds is 9. The summed E-state index contributed by atoms with van der Waals surface area (Å²) in [4.78, 5) is 23.9. The molecule has 1 amide bonds. The number of hydrogen-bond acceptors (Lipinski definition) is 10. The number of anilines is 2. The number of esters is 1. The maximum absolute atomic E-state index is 12.7. The highest BCUT2D eigenvalue weighted by atomic mass is 35.5. The first-order valence-electron chi connectivity index (χ1n) is 8.23. The summed E-state index contributed by atoms with van der Waals surface area (Å²) in [6.45, 7) is 1.42. The molecule has 1 N–H and O–H groups in total. The van der Waals surface area contributed by atoms with Crippen molar-refractivity contribution in [2.24, 2.45) is 0 Å². The van der Waals surface area contributed by atoms with Gasteiger partial charge in [-0.1, -0.05) is 34.7 Å². The number of thioether (sulfide) groups is 1. The smallest absolute Gasteiger partial charge is 0.316 e. The minimum Gasteiger partial charge on any atom is -0.495 e. The largest absolute Gasteiger partial charge is 0.495 e.